The molecule has 1 nitrogen and oxygen atoms in total. The number of rotatable bonds is 7. The first kappa shape index (κ1) is 17.0. The summed E-state index contributed by atoms with van der Waals surface area (Å²) >= 11 is 0. The van der Waals surface area contributed by atoms with Gasteiger partial charge < -0.3 is 0 Å². The maximum absolute atomic E-state index is 12.1. The van der Waals surface area contributed by atoms with Gasteiger partial charge in [0.2, 0.25) is 5.92 Å². The third-order valence-corrected chi connectivity index (χ3v) is 2.31. The SMILES string of the molecule is C=CCCCCCC(=O)C(C(F)(F)F)C(F)(F)F. The van der Waals surface area contributed by atoms with E-state index >= 15 is 0 Å². The molecule has 0 aromatic heterocycles. The molecule has 0 aromatic rings. The lowest BCUT2D eigenvalue weighted by molar-refractivity contribution is -0.273. The van der Waals surface area contributed by atoms with E-state index in [-0.39, 0.29) is 6.42 Å². The number of halogens is 6. The molecule has 0 radical (unpaired) electrons. The van der Waals surface area contributed by atoms with Gasteiger partial charge in [-0.1, -0.05) is 12.5 Å². The molecule has 0 saturated carbocycles. The van der Waals surface area contributed by atoms with Crippen LogP contribution in [-0.4, -0.2) is 18.1 Å². The normalized spacial score (nSPS) is 12.8. The number of Topliss-reactive ketones (excluding diaryl/α,β-unsaturated/α-hetero) is 1. The van der Waals surface area contributed by atoms with Crippen molar-refractivity contribution in [2.75, 3.05) is 0 Å². The second kappa shape index (κ2) is 6.80. The Hall–Kier alpha value is -1.01. The molecule has 0 N–H and O–H groups in total. The molecule has 0 rings (SSSR count). The van der Waals surface area contributed by atoms with Gasteiger partial charge in [0.05, 0.1) is 0 Å². The lowest BCUT2D eigenvalue weighted by Gasteiger charge is -2.21. The predicted octanol–water partition coefficient (Wildman–Crippen LogP) is 4.43. The van der Waals surface area contributed by atoms with Crippen molar-refractivity contribution < 1.29 is 31.1 Å². The van der Waals surface area contributed by atoms with Gasteiger partial charge in [0.15, 0.2) is 5.78 Å². The molecule has 0 fully saturated rings. The van der Waals surface area contributed by atoms with E-state index in [1.165, 1.54) is 0 Å². The maximum Gasteiger partial charge on any atom is 0.407 e. The first-order valence-electron chi connectivity index (χ1n) is 5.37. The number of alkyl halides is 6. The summed E-state index contributed by atoms with van der Waals surface area (Å²) in [7, 11) is 0. The molecule has 7 heteroatoms. The topological polar surface area (TPSA) is 17.1 Å². The van der Waals surface area contributed by atoms with Gasteiger partial charge in [0, 0.05) is 6.42 Å². The van der Waals surface area contributed by atoms with Crippen molar-refractivity contribution in [3.63, 3.8) is 0 Å². The van der Waals surface area contributed by atoms with E-state index in [4.69, 9.17) is 0 Å². The Labute approximate surface area is 101 Å². The van der Waals surface area contributed by atoms with Gasteiger partial charge in [0.1, 0.15) is 0 Å². The van der Waals surface area contributed by atoms with Crippen LogP contribution < -0.4 is 0 Å². The van der Waals surface area contributed by atoms with Crippen molar-refractivity contribution in [3.8, 4) is 0 Å². The van der Waals surface area contributed by atoms with E-state index in [9.17, 15) is 31.1 Å². The van der Waals surface area contributed by atoms with Crippen LogP contribution in [0.4, 0.5) is 26.3 Å². The van der Waals surface area contributed by atoms with Gasteiger partial charge in [-0.25, -0.2) is 0 Å². The fourth-order valence-electron chi connectivity index (χ4n) is 1.46. The van der Waals surface area contributed by atoms with Crippen LogP contribution >= 0.6 is 0 Å². The highest BCUT2D eigenvalue weighted by molar-refractivity contribution is 5.82. The highest BCUT2D eigenvalue weighted by atomic mass is 19.4. The van der Waals surface area contributed by atoms with Gasteiger partial charge in [0.25, 0.3) is 0 Å². The number of carbonyl (C=O) groups excluding carboxylic acids is 1. The van der Waals surface area contributed by atoms with E-state index in [0.717, 1.165) is 0 Å². The molecule has 0 aliphatic carbocycles. The van der Waals surface area contributed by atoms with Crippen LogP contribution in [0.25, 0.3) is 0 Å². The molecule has 0 spiro atoms. The second-order valence-electron chi connectivity index (χ2n) is 3.87. The minimum absolute atomic E-state index is 0.0231. The third kappa shape index (κ3) is 6.07. The predicted molar refractivity (Wildman–Crippen MR) is 53.9 cm³/mol. The van der Waals surface area contributed by atoms with E-state index in [1.54, 1.807) is 6.08 Å². The molecule has 0 bridgehead atoms. The summed E-state index contributed by atoms with van der Waals surface area (Å²) in [5.41, 5.74) is 0. The first-order chi connectivity index (χ1) is 8.10. The monoisotopic (exact) mass is 276 g/mol. The van der Waals surface area contributed by atoms with Gasteiger partial charge in [-0.05, 0) is 19.3 Å². The van der Waals surface area contributed by atoms with E-state index in [0.29, 0.717) is 19.3 Å². The Morgan fingerprint density at radius 2 is 1.50 bits per heavy atom. The lowest BCUT2D eigenvalue weighted by atomic mass is 9.97. The highest BCUT2D eigenvalue weighted by Gasteiger charge is 2.60. The zero-order valence-electron chi connectivity index (χ0n) is 9.57. The van der Waals surface area contributed by atoms with Crippen molar-refractivity contribution in [1.29, 1.82) is 0 Å². The van der Waals surface area contributed by atoms with Crippen LogP contribution in [0.2, 0.25) is 0 Å². The maximum atomic E-state index is 12.1. The largest absolute Gasteiger partial charge is 0.407 e. The third-order valence-electron chi connectivity index (χ3n) is 2.31. The fourth-order valence-corrected chi connectivity index (χ4v) is 1.46. The minimum Gasteiger partial charge on any atom is -0.299 e. The Bertz CT molecular complexity index is 264. The number of ketones is 1. The molecule has 0 atom stereocenters. The number of allylic oxidation sites excluding steroid dienone is 1. The van der Waals surface area contributed by atoms with Crippen LogP contribution in [0.15, 0.2) is 12.7 Å². The van der Waals surface area contributed by atoms with Crippen molar-refractivity contribution in [2.24, 2.45) is 5.92 Å². The van der Waals surface area contributed by atoms with Gasteiger partial charge in [-0.15, -0.1) is 6.58 Å². The summed E-state index contributed by atoms with van der Waals surface area (Å²) in [6, 6.07) is 0. The highest BCUT2D eigenvalue weighted by Crippen LogP contribution is 2.40. The fraction of sp³-hybridized carbons (Fsp3) is 0.727. The second-order valence-corrected chi connectivity index (χ2v) is 3.87. The van der Waals surface area contributed by atoms with Gasteiger partial charge in [-0.3, -0.25) is 4.79 Å². The summed E-state index contributed by atoms with van der Waals surface area (Å²) in [5.74, 6) is -5.67. The molecular weight excluding hydrogens is 262 g/mol. The summed E-state index contributed by atoms with van der Waals surface area (Å²) in [4.78, 5) is 11.0. The zero-order chi connectivity index (χ0) is 14.4. The van der Waals surface area contributed by atoms with Crippen molar-refractivity contribution in [1.82, 2.24) is 0 Å². The van der Waals surface area contributed by atoms with E-state index < -0.39 is 30.5 Å². The summed E-state index contributed by atoms with van der Waals surface area (Å²) < 4.78 is 72.9. The molecule has 0 aliphatic heterocycles. The molecule has 0 heterocycles. The van der Waals surface area contributed by atoms with Crippen LogP contribution in [-0.2, 0) is 4.79 Å². The molecule has 0 saturated heterocycles. The standard InChI is InChI=1S/C11H14F6O/c1-2-3-4-5-6-7-8(18)9(10(12,13)14)11(15,16)17/h2,9H,1,3-7H2. The van der Waals surface area contributed by atoms with Crippen molar-refractivity contribution in [3.05, 3.63) is 12.7 Å². The van der Waals surface area contributed by atoms with Crippen molar-refractivity contribution in [2.45, 2.75) is 44.5 Å². The van der Waals surface area contributed by atoms with Crippen LogP contribution in [0, 0.1) is 5.92 Å². The molecule has 106 valence electrons. The Balaban J connectivity index is 4.38. The Kier molecular flexibility index (Phi) is 6.42. The number of unbranched alkanes of at least 4 members (excludes halogenated alkanes) is 3. The van der Waals surface area contributed by atoms with Gasteiger partial charge >= 0.3 is 12.4 Å². The number of hydrogen-bond donors (Lipinski definition) is 0. The van der Waals surface area contributed by atoms with Crippen LogP contribution in [0.5, 0.6) is 0 Å². The van der Waals surface area contributed by atoms with Gasteiger partial charge in [-0.2, -0.15) is 26.3 Å². The quantitative estimate of drug-likeness (QED) is 0.382. The van der Waals surface area contributed by atoms with Crippen LogP contribution in [0.3, 0.4) is 0 Å². The first-order valence-corrected chi connectivity index (χ1v) is 5.37. The summed E-state index contributed by atoms with van der Waals surface area (Å²) in [6.45, 7) is 3.42. The van der Waals surface area contributed by atoms with Crippen molar-refractivity contribution >= 4 is 5.78 Å². The molecule has 18 heavy (non-hydrogen) atoms. The smallest absolute Gasteiger partial charge is 0.299 e. The average Bonchev–Trinajstić information content (AvgIpc) is 2.12. The molecule has 0 aromatic carbocycles. The summed E-state index contributed by atoms with van der Waals surface area (Å²) in [5, 5.41) is 0. The minimum atomic E-state index is -5.57. The Morgan fingerprint density at radius 1 is 1.00 bits per heavy atom. The molecule has 0 aliphatic rings. The number of carbonyl (C=O) groups is 1. The van der Waals surface area contributed by atoms with E-state index in [1.807, 2.05) is 0 Å². The number of hydrogen-bond acceptors (Lipinski definition) is 1. The van der Waals surface area contributed by atoms with E-state index in [2.05, 4.69) is 6.58 Å². The summed E-state index contributed by atoms with van der Waals surface area (Å²) in [6.07, 6.45) is -8.62. The molecule has 0 amide bonds. The lowest BCUT2D eigenvalue weighted by Crippen LogP contribution is -2.42. The molecular formula is C11H14F6O. The Morgan fingerprint density at radius 3 is 1.89 bits per heavy atom. The average molecular weight is 276 g/mol. The zero-order valence-corrected chi connectivity index (χ0v) is 9.57. The van der Waals surface area contributed by atoms with Crippen LogP contribution in [0.1, 0.15) is 32.1 Å². The molecule has 0 unspecified atom stereocenters.